The Morgan fingerprint density at radius 1 is 1.27 bits per heavy atom. The molecule has 0 bridgehead atoms. The van der Waals surface area contributed by atoms with Gasteiger partial charge in [0.2, 0.25) is 0 Å². The highest BCUT2D eigenvalue weighted by Gasteiger charge is 2.29. The molecule has 0 amide bonds. The van der Waals surface area contributed by atoms with Crippen molar-refractivity contribution < 1.29 is 9.13 Å². The molecule has 37 heavy (non-hydrogen) atoms. The first kappa shape index (κ1) is 23.3. The topological polar surface area (TPSA) is 121 Å². The molecule has 0 radical (unpaired) electrons. The second kappa shape index (κ2) is 8.79. The van der Waals surface area contributed by atoms with Crippen LogP contribution in [0.2, 0.25) is 5.02 Å². The van der Waals surface area contributed by atoms with E-state index in [4.69, 9.17) is 16.3 Å². The van der Waals surface area contributed by atoms with Crippen molar-refractivity contribution in [3.8, 4) is 27.9 Å². The Kier molecular flexibility index (Phi) is 5.54. The van der Waals surface area contributed by atoms with Gasteiger partial charge in [-0.1, -0.05) is 16.8 Å². The van der Waals surface area contributed by atoms with Gasteiger partial charge in [0.1, 0.15) is 15.7 Å². The maximum Gasteiger partial charge on any atom is 0.336 e. The van der Waals surface area contributed by atoms with E-state index in [0.29, 0.717) is 27.0 Å². The van der Waals surface area contributed by atoms with Crippen molar-refractivity contribution in [1.29, 1.82) is 5.26 Å². The van der Waals surface area contributed by atoms with Crippen molar-refractivity contribution >= 4 is 44.2 Å². The molecule has 4 heterocycles. The molecule has 0 spiro atoms. The van der Waals surface area contributed by atoms with E-state index in [1.54, 1.807) is 10.7 Å². The Hall–Kier alpha value is -4.08. The predicted octanol–water partition coefficient (Wildman–Crippen LogP) is 4.07. The smallest absolute Gasteiger partial charge is 0.336 e. The van der Waals surface area contributed by atoms with E-state index in [-0.39, 0.29) is 40.2 Å². The number of nitriles is 1. The zero-order valence-electron chi connectivity index (χ0n) is 19.3. The number of pyridine rings is 1. The lowest BCUT2D eigenvalue weighted by atomic mass is 10.1. The largest absolute Gasteiger partial charge is 0.494 e. The third-order valence-corrected chi connectivity index (χ3v) is 7.73. The molecule has 0 atom stereocenters. The van der Waals surface area contributed by atoms with Crippen LogP contribution in [0.5, 0.6) is 5.75 Å². The van der Waals surface area contributed by atoms with Gasteiger partial charge in [-0.05, 0) is 31.0 Å². The minimum atomic E-state index is -0.618. The van der Waals surface area contributed by atoms with Gasteiger partial charge in [-0.25, -0.2) is 18.4 Å². The zero-order valence-corrected chi connectivity index (χ0v) is 20.9. The van der Waals surface area contributed by atoms with Gasteiger partial charge in [0, 0.05) is 17.0 Å². The number of thiophene rings is 1. The molecule has 0 aliphatic heterocycles. The first-order chi connectivity index (χ1) is 17.9. The van der Waals surface area contributed by atoms with Crippen LogP contribution in [0.25, 0.3) is 37.4 Å². The number of aryl methyl sites for hydroxylation is 1. The van der Waals surface area contributed by atoms with Gasteiger partial charge in [-0.3, -0.25) is 14.3 Å². The molecule has 1 aromatic carbocycles. The van der Waals surface area contributed by atoms with Gasteiger partial charge in [-0.15, -0.1) is 16.4 Å². The number of benzene rings is 1. The minimum absolute atomic E-state index is 0.00488. The first-order valence-corrected chi connectivity index (χ1v) is 12.5. The van der Waals surface area contributed by atoms with E-state index in [0.717, 1.165) is 34.8 Å². The lowest BCUT2D eigenvalue weighted by Gasteiger charge is -2.12. The third kappa shape index (κ3) is 3.70. The number of aromatic nitrogens is 6. The highest BCUT2D eigenvalue weighted by molar-refractivity contribution is 7.22. The van der Waals surface area contributed by atoms with E-state index in [2.05, 4.69) is 15.3 Å². The van der Waals surface area contributed by atoms with E-state index < -0.39 is 17.1 Å². The molecule has 4 aromatic heterocycles. The molecule has 10 nitrogen and oxygen atoms in total. The molecule has 1 saturated carbocycles. The van der Waals surface area contributed by atoms with Crippen molar-refractivity contribution in [3.63, 3.8) is 0 Å². The fourth-order valence-electron chi connectivity index (χ4n) is 4.36. The summed E-state index contributed by atoms with van der Waals surface area (Å²) in [5.74, 6) is -0.623. The summed E-state index contributed by atoms with van der Waals surface area (Å²) in [5.41, 5.74) is 0.932. The molecule has 0 saturated heterocycles. The number of methoxy groups -OCH3 is 1. The third-order valence-electron chi connectivity index (χ3n) is 6.27. The molecule has 6 rings (SSSR count). The zero-order chi connectivity index (χ0) is 25.8. The van der Waals surface area contributed by atoms with Crippen LogP contribution in [0.15, 0.2) is 40.2 Å². The highest BCUT2D eigenvalue weighted by atomic mass is 35.5. The van der Waals surface area contributed by atoms with Crippen LogP contribution in [0.3, 0.4) is 0 Å². The summed E-state index contributed by atoms with van der Waals surface area (Å²) >= 11 is 7.45. The van der Waals surface area contributed by atoms with Crippen molar-refractivity contribution in [2.24, 2.45) is 0 Å². The fraction of sp³-hybridized carbons (Fsp3) is 0.250. The average Bonchev–Trinajstić information content (AvgIpc) is 3.47. The molecule has 186 valence electrons. The monoisotopic (exact) mass is 537 g/mol. The highest BCUT2D eigenvalue weighted by Crippen LogP contribution is 2.39. The number of fused-ring (bicyclic) bond motifs is 2. The number of hydrogen-bond donors (Lipinski definition) is 0. The Morgan fingerprint density at radius 3 is 2.81 bits per heavy atom. The summed E-state index contributed by atoms with van der Waals surface area (Å²) in [6, 6.07) is 6.43. The van der Waals surface area contributed by atoms with E-state index >= 15 is 0 Å². The standard InChI is InChI=1S/C24H17ClFN7O3S/c1-36-19-7-13(14(25)8-15(19)26)20-9-17-22(37-20)23(34)32(24(35)31(17)6-2-5-27)18-11-28-10-16-21(18)33(30-29-16)12-3-4-12/h7-12H,2-4,6H2,1H3. The van der Waals surface area contributed by atoms with E-state index in [9.17, 15) is 19.2 Å². The fourth-order valence-corrected chi connectivity index (χ4v) is 5.79. The molecule has 1 aliphatic rings. The van der Waals surface area contributed by atoms with Gasteiger partial charge in [0.15, 0.2) is 11.6 Å². The van der Waals surface area contributed by atoms with Crippen molar-refractivity contribution in [1.82, 2.24) is 29.1 Å². The van der Waals surface area contributed by atoms with Crippen molar-refractivity contribution in [2.45, 2.75) is 31.8 Å². The van der Waals surface area contributed by atoms with Crippen LogP contribution < -0.4 is 16.0 Å². The van der Waals surface area contributed by atoms with Crippen LogP contribution in [-0.4, -0.2) is 36.2 Å². The van der Waals surface area contributed by atoms with E-state index in [1.807, 2.05) is 6.07 Å². The Bertz CT molecular complexity index is 1880. The average molecular weight is 538 g/mol. The van der Waals surface area contributed by atoms with Crippen LogP contribution >= 0.6 is 22.9 Å². The van der Waals surface area contributed by atoms with Crippen molar-refractivity contribution in [2.75, 3.05) is 7.11 Å². The molecular formula is C24H17ClFN7O3S. The second-order valence-electron chi connectivity index (χ2n) is 8.57. The lowest BCUT2D eigenvalue weighted by Crippen LogP contribution is -2.38. The van der Waals surface area contributed by atoms with Crippen LogP contribution in [0.1, 0.15) is 25.3 Å². The number of hydrogen-bond acceptors (Lipinski definition) is 8. The summed E-state index contributed by atoms with van der Waals surface area (Å²) in [5, 5.41) is 17.7. The lowest BCUT2D eigenvalue weighted by molar-refractivity contribution is 0.387. The molecule has 1 fully saturated rings. The number of ether oxygens (including phenoxy) is 1. The van der Waals surface area contributed by atoms with Gasteiger partial charge < -0.3 is 4.74 Å². The van der Waals surface area contributed by atoms with Gasteiger partial charge in [0.05, 0.1) is 54.3 Å². The summed E-state index contributed by atoms with van der Waals surface area (Å²) in [7, 11) is 1.34. The van der Waals surface area contributed by atoms with Gasteiger partial charge in [-0.2, -0.15) is 5.26 Å². The summed E-state index contributed by atoms with van der Waals surface area (Å²) < 4.78 is 23.7. The summed E-state index contributed by atoms with van der Waals surface area (Å²) in [6.07, 6.45) is 4.89. The molecule has 0 unspecified atom stereocenters. The molecular weight excluding hydrogens is 521 g/mol. The Morgan fingerprint density at radius 2 is 2.08 bits per heavy atom. The maximum absolute atomic E-state index is 14.2. The van der Waals surface area contributed by atoms with Crippen LogP contribution in [0, 0.1) is 17.1 Å². The molecule has 1 aliphatic carbocycles. The molecule has 13 heteroatoms. The van der Waals surface area contributed by atoms with Crippen molar-refractivity contribution in [3.05, 3.63) is 62.3 Å². The summed E-state index contributed by atoms with van der Waals surface area (Å²) in [4.78, 5) is 32.4. The SMILES string of the molecule is COc1cc(-c2cc3c(s2)c(=O)n(-c2cncc4nnn(C5CC5)c24)c(=O)n3CCC#N)c(Cl)cc1F. The number of nitrogens with zero attached hydrogens (tertiary/aromatic N) is 7. The van der Waals surface area contributed by atoms with Crippen LogP contribution in [0.4, 0.5) is 4.39 Å². The normalized spacial score (nSPS) is 13.4. The second-order valence-corrected chi connectivity index (χ2v) is 10.0. The quantitative estimate of drug-likeness (QED) is 0.320. The Labute approximate surface area is 216 Å². The Balaban J connectivity index is 1.66. The first-order valence-electron chi connectivity index (χ1n) is 11.3. The number of halogens is 2. The summed E-state index contributed by atoms with van der Waals surface area (Å²) in [6.45, 7) is 0.0618. The van der Waals surface area contributed by atoms with Gasteiger partial charge >= 0.3 is 5.69 Å². The van der Waals surface area contributed by atoms with Gasteiger partial charge in [0.25, 0.3) is 5.56 Å². The minimum Gasteiger partial charge on any atom is -0.494 e. The number of rotatable bonds is 6. The predicted molar refractivity (Wildman–Crippen MR) is 136 cm³/mol. The van der Waals surface area contributed by atoms with E-state index in [1.165, 1.54) is 30.1 Å². The maximum atomic E-state index is 14.2. The molecule has 5 aromatic rings. The van der Waals surface area contributed by atoms with Crippen LogP contribution in [-0.2, 0) is 6.54 Å². The molecule has 0 N–H and O–H groups in total.